The van der Waals surface area contributed by atoms with E-state index in [0.717, 1.165) is 73.8 Å². The second-order valence-corrected chi connectivity index (χ2v) is 9.60. The van der Waals surface area contributed by atoms with E-state index < -0.39 is 0 Å². The zero-order valence-electron chi connectivity index (χ0n) is 20.3. The number of nitrogens with one attached hydrogen (secondary N) is 1. The Morgan fingerprint density at radius 1 is 0.971 bits per heavy atom. The summed E-state index contributed by atoms with van der Waals surface area (Å²) in [5, 5.41) is 4.34. The molecule has 5 nitrogen and oxygen atoms in total. The minimum Gasteiger partial charge on any atom is -0.368 e. The number of benzene rings is 2. The van der Waals surface area contributed by atoms with Crippen LogP contribution < -0.4 is 10.2 Å². The Hall–Kier alpha value is -2.18. The molecule has 188 valence electrons. The molecule has 1 N–H and O–H groups in total. The highest BCUT2D eigenvalue weighted by Crippen LogP contribution is 2.33. The monoisotopic (exact) mass is 534 g/mol. The van der Waals surface area contributed by atoms with Gasteiger partial charge in [0.1, 0.15) is 0 Å². The largest absolute Gasteiger partial charge is 0.368 e. The van der Waals surface area contributed by atoms with Crippen molar-refractivity contribution in [3.05, 3.63) is 75.9 Å². The molecule has 0 unspecified atom stereocenters. The summed E-state index contributed by atoms with van der Waals surface area (Å²) in [6.45, 7) is 7.60. The van der Waals surface area contributed by atoms with E-state index in [1.807, 2.05) is 56.4 Å². The molecule has 1 aromatic heterocycles. The molecule has 2 heterocycles. The van der Waals surface area contributed by atoms with Crippen molar-refractivity contribution in [1.82, 2.24) is 14.8 Å². The van der Waals surface area contributed by atoms with Crippen molar-refractivity contribution < 1.29 is 4.79 Å². The Labute approximate surface area is 224 Å². The smallest absolute Gasteiger partial charge is 0.253 e. The molecular weight excluding hydrogens is 503 g/mol. The van der Waals surface area contributed by atoms with Gasteiger partial charge < -0.3 is 14.8 Å². The number of nitrogens with zero attached hydrogens (tertiary/aromatic N) is 3. The van der Waals surface area contributed by atoms with Crippen molar-refractivity contribution >= 4 is 47.2 Å². The van der Waals surface area contributed by atoms with Gasteiger partial charge in [-0.15, -0.1) is 12.4 Å². The summed E-state index contributed by atoms with van der Waals surface area (Å²) in [5.41, 5.74) is 4.92. The van der Waals surface area contributed by atoms with Crippen LogP contribution in [-0.4, -0.2) is 54.6 Å². The van der Waals surface area contributed by atoms with Crippen LogP contribution in [0.25, 0.3) is 11.3 Å². The van der Waals surface area contributed by atoms with Gasteiger partial charge in [0.2, 0.25) is 0 Å². The molecule has 0 aliphatic carbocycles. The summed E-state index contributed by atoms with van der Waals surface area (Å²) >= 11 is 12.5. The first-order chi connectivity index (χ1) is 16.5. The number of unbranched alkanes of at least 4 members (excludes halogenated alkanes) is 1. The lowest BCUT2D eigenvalue weighted by molar-refractivity contribution is 0.0952. The number of carbonyl (C=O) groups is 1. The Morgan fingerprint density at radius 3 is 2.40 bits per heavy atom. The number of carbonyl (C=O) groups excluding carboxylic acids is 1. The normalized spacial score (nSPS) is 14.0. The van der Waals surface area contributed by atoms with Gasteiger partial charge in [0.15, 0.2) is 0 Å². The molecule has 1 fully saturated rings. The Balaban J connectivity index is 0.00000342. The molecule has 0 saturated carbocycles. The molecule has 0 atom stereocenters. The van der Waals surface area contributed by atoms with Crippen LogP contribution in [0.3, 0.4) is 0 Å². The van der Waals surface area contributed by atoms with Crippen molar-refractivity contribution in [2.45, 2.75) is 19.8 Å². The van der Waals surface area contributed by atoms with E-state index in [2.05, 4.69) is 31.8 Å². The SMILES string of the molecule is Cc1c(C(=O)NCCCCN2CCN(c3cccc(Cl)c3Cl)CC2)cc(-c2ccccc2)n1C.Cl. The molecule has 3 aromatic rings. The van der Waals surface area contributed by atoms with E-state index in [1.165, 1.54) is 0 Å². The lowest BCUT2D eigenvalue weighted by Gasteiger charge is -2.36. The molecule has 0 bridgehead atoms. The number of rotatable bonds is 8. The average molecular weight is 536 g/mol. The number of halogens is 3. The van der Waals surface area contributed by atoms with Crippen LogP contribution in [-0.2, 0) is 7.05 Å². The summed E-state index contributed by atoms with van der Waals surface area (Å²) in [7, 11) is 2.01. The number of hydrogen-bond acceptors (Lipinski definition) is 3. The van der Waals surface area contributed by atoms with Crippen LogP contribution in [0.4, 0.5) is 5.69 Å². The second kappa shape index (κ2) is 12.7. The van der Waals surface area contributed by atoms with Gasteiger partial charge in [-0.2, -0.15) is 0 Å². The maximum atomic E-state index is 12.8. The van der Waals surface area contributed by atoms with Gasteiger partial charge in [0, 0.05) is 51.2 Å². The highest BCUT2D eigenvalue weighted by atomic mass is 35.5. The summed E-state index contributed by atoms with van der Waals surface area (Å²) in [5.74, 6) is 0.00213. The van der Waals surface area contributed by atoms with Gasteiger partial charge >= 0.3 is 0 Å². The van der Waals surface area contributed by atoms with Crippen LogP contribution in [0.2, 0.25) is 10.0 Å². The molecule has 1 aliphatic heterocycles. The first-order valence-corrected chi connectivity index (χ1v) is 12.6. The van der Waals surface area contributed by atoms with Gasteiger partial charge in [0.05, 0.1) is 21.3 Å². The van der Waals surface area contributed by atoms with Crippen molar-refractivity contribution in [3.8, 4) is 11.3 Å². The Bertz CT molecular complexity index is 1120. The fraction of sp³-hybridized carbons (Fsp3) is 0.370. The summed E-state index contributed by atoms with van der Waals surface area (Å²) in [6, 6.07) is 18.0. The van der Waals surface area contributed by atoms with Crippen molar-refractivity contribution in [3.63, 3.8) is 0 Å². The summed E-state index contributed by atoms with van der Waals surface area (Å²) in [4.78, 5) is 17.6. The molecule has 1 saturated heterocycles. The third-order valence-electron chi connectivity index (χ3n) is 6.68. The van der Waals surface area contributed by atoms with E-state index >= 15 is 0 Å². The predicted octanol–water partition coefficient (Wildman–Crippen LogP) is 6.06. The number of aromatic nitrogens is 1. The maximum Gasteiger partial charge on any atom is 0.253 e. The van der Waals surface area contributed by atoms with E-state index in [9.17, 15) is 4.79 Å². The number of anilines is 1. The van der Waals surface area contributed by atoms with Crippen LogP contribution in [0, 0.1) is 6.92 Å². The van der Waals surface area contributed by atoms with Crippen LogP contribution in [0.1, 0.15) is 28.9 Å². The van der Waals surface area contributed by atoms with Crippen LogP contribution >= 0.6 is 35.6 Å². The van der Waals surface area contributed by atoms with Gasteiger partial charge in [-0.1, -0.05) is 59.6 Å². The van der Waals surface area contributed by atoms with E-state index in [1.54, 1.807) is 0 Å². The highest BCUT2D eigenvalue weighted by Gasteiger charge is 2.20. The molecule has 1 amide bonds. The van der Waals surface area contributed by atoms with Crippen LogP contribution in [0.15, 0.2) is 54.6 Å². The quantitative estimate of drug-likeness (QED) is 0.356. The fourth-order valence-electron chi connectivity index (χ4n) is 4.52. The Morgan fingerprint density at radius 2 is 1.69 bits per heavy atom. The molecule has 2 aromatic carbocycles. The first-order valence-electron chi connectivity index (χ1n) is 11.9. The first kappa shape index (κ1) is 27.4. The molecule has 4 rings (SSSR count). The second-order valence-electron chi connectivity index (χ2n) is 8.82. The molecule has 35 heavy (non-hydrogen) atoms. The van der Waals surface area contributed by atoms with Gasteiger partial charge in [-0.05, 0) is 50.1 Å². The van der Waals surface area contributed by atoms with Crippen molar-refractivity contribution in [1.29, 1.82) is 0 Å². The standard InChI is InChI=1S/C27H32Cl2N4O.ClH/c1-20-22(19-25(31(20)2)21-9-4-3-5-10-21)27(34)30-13-6-7-14-32-15-17-33(18-16-32)24-12-8-11-23(28)26(24)29;/h3-5,8-12,19H,6-7,13-18H2,1-2H3,(H,30,34);1H. The lowest BCUT2D eigenvalue weighted by atomic mass is 10.1. The van der Waals surface area contributed by atoms with E-state index in [4.69, 9.17) is 23.2 Å². The third-order valence-corrected chi connectivity index (χ3v) is 7.49. The molecule has 0 spiro atoms. The van der Waals surface area contributed by atoms with E-state index in [0.29, 0.717) is 16.6 Å². The van der Waals surface area contributed by atoms with Crippen molar-refractivity contribution in [2.24, 2.45) is 7.05 Å². The number of amides is 1. The van der Waals surface area contributed by atoms with E-state index in [-0.39, 0.29) is 18.3 Å². The lowest BCUT2D eigenvalue weighted by Crippen LogP contribution is -2.46. The van der Waals surface area contributed by atoms with Gasteiger partial charge in [-0.3, -0.25) is 9.69 Å². The van der Waals surface area contributed by atoms with Crippen LogP contribution in [0.5, 0.6) is 0 Å². The molecule has 0 radical (unpaired) electrons. The predicted molar refractivity (Wildman–Crippen MR) is 150 cm³/mol. The fourth-order valence-corrected chi connectivity index (χ4v) is 4.94. The average Bonchev–Trinajstić information content (AvgIpc) is 3.16. The number of piperazine rings is 1. The van der Waals surface area contributed by atoms with Gasteiger partial charge in [0.25, 0.3) is 5.91 Å². The highest BCUT2D eigenvalue weighted by molar-refractivity contribution is 6.43. The topological polar surface area (TPSA) is 40.5 Å². The zero-order chi connectivity index (χ0) is 24.1. The third kappa shape index (κ3) is 6.53. The maximum absolute atomic E-state index is 12.8. The minimum atomic E-state index is 0. The van der Waals surface area contributed by atoms with Crippen molar-refractivity contribution in [2.75, 3.05) is 44.2 Å². The molecule has 8 heteroatoms. The summed E-state index contributed by atoms with van der Waals surface area (Å²) < 4.78 is 2.08. The molecular formula is C27H33Cl3N4O. The minimum absolute atomic E-state index is 0. The zero-order valence-corrected chi connectivity index (χ0v) is 22.6. The van der Waals surface area contributed by atoms with Gasteiger partial charge in [-0.25, -0.2) is 0 Å². The number of hydrogen-bond donors (Lipinski definition) is 1. The Kier molecular flexibility index (Phi) is 9.93. The molecule has 1 aliphatic rings. The summed E-state index contributed by atoms with van der Waals surface area (Å²) in [6.07, 6.45) is 2.02.